The molecule has 0 aliphatic rings. The highest BCUT2D eigenvalue weighted by molar-refractivity contribution is 14.1. The van der Waals surface area contributed by atoms with E-state index in [-0.39, 0.29) is 12.5 Å². The molecule has 0 heterocycles. The lowest BCUT2D eigenvalue weighted by atomic mass is 10.1. The van der Waals surface area contributed by atoms with E-state index in [1.54, 1.807) is 36.4 Å². The maximum Gasteiger partial charge on any atom is 0.329 e. The molecule has 0 fully saturated rings. The van der Waals surface area contributed by atoms with Crippen LogP contribution in [-0.2, 0) is 14.4 Å². The van der Waals surface area contributed by atoms with E-state index >= 15 is 0 Å². The van der Waals surface area contributed by atoms with Gasteiger partial charge >= 0.3 is 11.8 Å². The first kappa shape index (κ1) is 31.4. The summed E-state index contributed by atoms with van der Waals surface area (Å²) in [5.41, 5.74) is 6.04. The Balaban J connectivity index is 1.54. The van der Waals surface area contributed by atoms with Crippen molar-refractivity contribution in [1.29, 1.82) is 0 Å². The number of aryl methyl sites for hydroxylation is 1. The summed E-state index contributed by atoms with van der Waals surface area (Å²) in [4.78, 5) is 36.9. The lowest BCUT2D eigenvalue weighted by Crippen LogP contribution is -2.32. The third-order valence-electron chi connectivity index (χ3n) is 5.94. The summed E-state index contributed by atoms with van der Waals surface area (Å²) >= 11 is 2.06. The van der Waals surface area contributed by atoms with E-state index < -0.39 is 11.8 Å². The SMILES string of the molecule is CCCCOc1ccc(NC(=O)C(=O)N/N=C\c2cc(I)c(OCC(=O)Nc3cccc(C)c3C)c(OC)c2)cc1. The number of nitrogens with zero attached hydrogens (tertiary/aromatic N) is 1. The molecule has 0 spiro atoms. The van der Waals surface area contributed by atoms with Crippen LogP contribution in [0.15, 0.2) is 59.7 Å². The number of rotatable bonds is 12. The molecule has 0 atom stereocenters. The molecule has 3 rings (SSSR count). The molecule has 3 amide bonds. The number of nitrogens with one attached hydrogen (secondary N) is 3. The molecule has 0 aliphatic heterocycles. The molecule has 3 aromatic carbocycles. The largest absolute Gasteiger partial charge is 0.494 e. The molecule has 3 N–H and O–H groups in total. The maximum atomic E-state index is 12.5. The van der Waals surface area contributed by atoms with Gasteiger partial charge in [-0.2, -0.15) is 5.10 Å². The molecule has 10 nitrogen and oxygen atoms in total. The smallest absolute Gasteiger partial charge is 0.329 e. The standard InChI is InChI=1S/C30H33IN4O6/c1-5-6-14-40-23-12-10-22(11-13-23)33-29(37)30(38)35-32-17-21-15-24(31)28(26(16-21)39-4)41-18-27(36)34-25-9-7-8-19(2)20(25)3/h7-13,15-17H,5-6,14,18H2,1-4H3,(H,33,37)(H,34,36)(H,35,38)/b32-17-. The highest BCUT2D eigenvalue weighted by Gasteiger charge is 2.15. The highest BCUT2D eigenvalue weighted by Crippen LogP contribution is 2.33. The van der Waals surface area contributed by atoms with Crippen LogP contribution in [0.3, 0.4) is 0 Å². The molecular weight excluding hydrogens is 639 g/mol. The number of anilines is 2. The fourth-order valence-corrected chi connectivity index (χ4v) is 4.32. The van der Waals surface area contributed by atoms with Crippen LogP contribution in [0.1, 0.15) is 36.5 Å². The van der Waals surface area contributed by atoms with E-state index in [0.29, 0.717) is 38.7 Å². The number of methoxy groups -OCH3 is 1. The van der Waals surface area contributed by atoms with Gasteiger partial charge in [0, 0.05) is 11.4 Å². The van der Waals surface area contributed by atoms with E-state index in [1.807, 2.05) is 32.0 Å². The molecule has 0 unspecified atom stereocenters. The molecule has 0 saturated carbocycles. The Bertz CT molecular complexity index is 1410. The van der Waals surface area contributed by atoms with Gasteiger partial charge in [0.1, 0.15) is 5.75 Å². The Morgan fingerprint density at radius 2 is 1.73 bits per heavy atom. The molecule has 0 aliphatic carbocycles. The molecular formula is C30H33IN4O6. The van der Waals surface area contributed by atoms with Crippen molar-refractivity contribution in [2.45, 2.75) is 33.6 Å². The van der Waals surface area contributed by atoms with Crippen LogP contribution in [0.5, 0.6) is 17.2 Å². The lowest BCUT2D eigenvalue weighted by molar-refractivity contribution is -0.136. The van der Waals surface area contributed by atoms with Crippen LogP contribution in [0.2, 0.25) is 0 Å². The van der Waals surface area contributed by atoms with E-state index in [1.165, 1.54) is 13.3 Å². The van der Waals surface area contributed by atoms with Crippen LogP contribution < -0.4 is 30.3 Å². The Morgan fingerprint density at radius 1 is 0.976 bits per heavy atom. The third kappa shape index (κ3) is 9.48. The molecule has 0 bridgehead atoms. The zero-order chi connectivity index (χ0) is 29.8. The van der Waals surface area contributed by atoms with E-state index in [2.05, 4.69) is 50.7 Å². The van der Waals surface area contributed by atoms with Crippen molar-refractivity contribution in [2.24, 2.45) is 5.10 Å². The van der Waals surface area contributed by atoms with Crippen molar-refractivity contribution >= 4 is 57.9 Å². The van der Waals surface area contributed by atoms with Crippen molar-refractivity contribution in [3.8, 4) is 17.2 Å². The number of amides is 3. The lowest BCUT2D eigenvalue weighted by Gasteiger charge is -2.14. The fraction of sp³-hybridized carbons (Fsp3) is 0.267. The van der Waals surface area contributed by atoms with Crippen LogP contribution in [0.25, 0.3) is 0 Å². The van der Waals surface area contributed by atoms with Crippen molar-refractivity contribution in [3.63, 3.8) is 0 Å². The monoisotopic (exact) mass is 672 g/mol. The number of carbonyl (C=O) groups excluding carboxylic acids is 3. The van der Waals surface area contributed by atoms with E-state index in [4.69, 9.17) is 14.2 Å². The van der Waals surface area contributed by atoms with E-state index in [9.17, 15) is 14.4 Å². The topological polar surface area (TPSA) is 127 Å². The van der Waals surface area contributed by atoms with Gasteiger partial charge in [0.25, 0.3) is 5.91 Å². The number of hydrogen-bond donors (Lipinski definition) is 3. The third-order valence-corrected chi connectivity index (χ3v) is 6.74. The molecule has 0 saturated heterocycles. The van der Waals surface area contributed by atoms with Crippen LogP contribution in [0, 0.1) is 17.4 Å². The second-order valence-corrected chi connectivity index (χ2v) is 10.2. The highest BCUT2D eigenvalue weighted by atomic mass is 127. The molecule has 11 heteroatoms. The van der Waals surface area contributed by atoms with Gasteiger partial charge in [0.2, 0.25) is 0 Å². The van der Waals surface area contributed by atoms with Crippen LogP contribution in [-0.4, -0.2) is 44.3 Å². The number of hydrogen-bond acceptors (Lipinski definition) is 7. The van der Waals surface area contributed by atoms with Crippen molar-refractivity contribution in [2.75, 3.05) is 31.0 Å². The van der Waals surface area contributed by atoms with Gasteiger partial charge in [-0.05, 0) is 102 Å². The number of benzene rings is 3. The first-order chi connectivity index (χ1) is 19.7. The number of unbranched alkanes of at least 4 members (excludes halogenated alkanes) is 1. The van der Waals surface area contributed by atoms with Crippen molar-refractivity contribution < 1.29 is 28.6 Å². The Labute approximate surface area is 253 Å². The van der Waals surface area contributed by atoms with Crippen LogP contribution >= 0.6 is 22.6 Å². The predicted octanol–water partition coefficient (Wildman–Crippen LogP) is 5.20. The summed E-state index contributed by atoms with van der Waals surface area (Å²) in [5, 5.41) is 9.24. The zero-order valence-electron chi connectivity index (χ0n) is 23.4. The quantitative estimate of drug-likeness (QED) is 0.0799. The number of halogens is 1. The molecule has 216 valence electrons. The Kier molecular flexibility index (Phi) is 11.9. The minimum atomic E-state index is -0.930. The normalized spacial score (nSPS) is 10.7. The van der Waals surface area contributed by atoms with Crippen molar-refractivity contribution in [1.82, 2.24) is 5.43 Å². The summed E-state index contributed by atoms with van der Waals surface area (Å²) in [6.07, 6.45) is 3.36. The van der Waals surface area contributed by atoms with Gasteiger partial charge in [0.15, 0.2) is 18.1 Å². The van der Waals surface area contributed by atoms with E-state index in [0.717, 1.165) is 29.7 Å². The number of hydrazone groups is 1. The molecule has 41 heavy (non-hydrogen) atoms. The average Bonchev–Trinajstić information content (AvgIpc) is 2.95. The number of ether oxygens (including phenoxy) is 3. The van der Waals surface area contributed by atoms with Gasteiger partial charge in [-0.3, -0.25) is 14.4 Å². The second kappa shape index (κ2) is 15.6. The Hall–Kier alpha value is -4.13. The maximum absolute atomic E-state index is 12.5. The number of carbonyl (C=O) groups is 3. The predicted molar refractivity (Wildman–Crippen MR) is 167 cm³/mol. The van der Waals surface area contributed by atoms with Gasteiger partial charge in [0.05, 0.1) is 23.5 Å². The van der Waals surface area contributed by atoms with Crippen LogP contribution in [0.4, 0.5) is 11.4 Å². The van der Waals surface area contributed by atoms with Crippen molar-refractivity contribution in [3.05, 3.63) is 74.9 Å². The molecule has 0 radical (unpaired) electrons. The second-order valence-electron chi connectivity index (χ2n) is 9.00. The summed E-state index contributed by atoms with van der Waals surface area (Å²) in [6.45, 7) is 6.40. The summed E-state index contributed by atoms with van der Waals surface area (Å²) in [6, 6.07) is 15.8. The molecule has 0 aromatic heterocycles. The Morgan fingerprint density at radius 3 is 2.44 bits per heavy atom. The fourth-order valence-electron chi connectivity index (χ4n) is 3.54. The first-order valence-electron chi connectivity index (χ1n) is 13.0. The minimum Gasteiger partial charge on any atom is -0.494 e. The van der Waals surface area contributed by atoms with Gasteiger partial charge < -0.3 is 24.8 Å². The minimum absolute atomic E-state index is 0.215. The average molecular weight is 673 g/mol. The summed E-state index contributed by atoms with van der Waals surface area (Å²) < 4.78 is 17.4. The van der Waals surface area contributed by atoms with Gasteiger partial charge in [-0.25, -0.2) is 5.43 Å². The zero-order valence-corrected chi connectivity index (χ0v) is 25.5. The summed E-state index contributed by atoms with van der Waals surface area (Å²) in [7, 11) is 1.48. The molecule has 3 aromatic rings. The van der Waals surface area contributed by atoms with Gasteiger partial charge in [-0.1, -0.05) is 25.5 Å². The summed E-state index contributed by atoms with van der Waals surface area (Å²) in [5.74, 6) is -0.638. The van der Waals surface area contributed by atoms with Gasteiger partial charge in [-0.15, -0.1) is 0 Å². The first-order valence-corrected chi connectivity index (χ1v) is 14.0.